The van der Waals surface area contributed by atoms with Gasteiger partial charge in [0.05, 0.1) is 28.5 Å². The fraction of sp³-hybridized carbons (Fsp3) is 0.304. The molecule has 7 heteroatoms. The van der Waals surface area contributed by atoms with Gasteiger partial charge in [0.2, 0.25) is 0 Å². The van der Waals surface area contributed by atoms with Gasteiger partial charge >= 0.3 is 5.97 Å². The average molecular weight is 429 g/mol. The number of ether oxygens (including phenoxy) is 2. The summed E-state index contributed by atoms with van der Waals surface area (Å²) in [5, 5.41) is 9.75. The summed E-state index contributed by atoms with van der Waals surface area (Å²) in [6.07, 6.45) is 0.935. The zero-order valence-corrected chi connectivity index (χ0v) is 17.1. The number of halogens is 1. The minimum absolute atomic E-state index is 0.0188. The molecule has 30 heavy (non-hydrogen) atoms. The van der Waals surface area contributed by atoms with Crippen LogP contribution in [0.5, 0.6) is 5.75 Å². The molecule has 0 saturated heterocycles. The molecule has 4 rings (SSSR count). The first-order valence-electron chi connectivity index (χ1n) is 9.74. The molecule has 1 N–H and O–H groups in total. The van der Waals surface area contributed by atoms with Crippen molar-refractivity contribution >= 4 is 28.5 Å². The lowest BCUT2D eigenvalue weighted by Gasteiger charge is -2.34. The van der Waals surface area contributed by atoms with E-state index in [1.165, 1.54) is 6.07 Å². The van der Waals surface area contributed by atoms with Crippen LogP contribution in [0.2, 0.25) is 5.02 Å². The molecule has 3 aromatic rings. The van der Waals surface area contributed by atoms with Gasteiger partial charge in [-0.1, -0.05) is 17.7 Å². The van der Waals surface area contributed by atoms with Crippen molar-refractivity contribution in [3.63, 3.8) is 0 Å². The van der Waals surface area contributed by atoms with Gasteiger partial charge in [-0.25, -0.2) is 0 Å². The first-order chi connectivity index (χ1) is 14.4. The van der Waals surface area contributed by atoms with Crippen LogP contribution in [-0.2, 0) is 9.53 Å². The van der Waals surface area contributed by atoms with Crippen molar-refractivity contribution in [2.45, 2.75) is 32.0 Å². The van der Waals surface area contributed by atoms with Gasteiger partial charge in [0, 0.05) is 11.6 Å². The van der Waals surface area contributed by atoms with Crippen LogP contribution in [0.25, 0.3) is 22.3 Å². The van der Waals surface area contributed by atoms with E-state index in [2.05, 4.69) is 0 Å². The summed E-state index contributed by atoms with van der Waals surface area (Å²) in [5.41, 5.74) is 0.954. The van der Waals surface area contributed by atoms with E-state index >= 15 is 0 Å². The van der Waals surface area contributed by atoms with Crippen LogP contribution >= 0.6 is 11.6 Å². The molecule has 1 unspecified atom stereocenters. The molecular formula is C23H21ClO6. The summed E-state index contributed by atoms with van der Waals surface area (Å²) in [5.74, 6) is 0.0401. The topological polar surface area (TPSA) is 86.0 Å². The molecule has 6 nitrogen and oxygen atoms in total. The molecule has 2 aromatic carbocycles. The minimum Gasteiger partial charge on any atom is -0.491 e. The van der Waals surface area contributed by atoms with Crippen molar-refractivity contribution in [1.29, 1.82) is 0 Å². The highest BCUT2D eigenvalue weighted by Gasteiger charge is 2.36. The molecular weight excluding hydrogens is 408 g/mol. The molecule has 0 radical (unpaired) electrons. The van der Waals surface area contributed by atoms with E-state index in [9.17, 15) is 9.59 Å². The molecule has 1 aliphatic rings. The largest absolute Gasteiger partial charge is 0.491 e. The maximum absolute atomic E-state index is 12.4. The lowest BCUT2D eigenvalue weighted by atomic mass is 9.82. The van der Waals surface area contributed by atoms with Gasteiger partial charge in [0.1, 0.15) is 18.1 Å². The third-order valence-electron chi connectivity index (χ3n) is 5.20. The quantitative estimate of drug-likeness (QED) is 0.583. The van der Waals surface area contributed by atoms with Gasteiger partial charge in [0.25, 0.3) is 0 Å². The van der Waals surface area contributed by atoms with Gasteiger partial charge in [0.15, 0.2) is 11.0 Å². The lowest BCUT2D eigenvalue weighted by molar-refractivity contribution is -0.154. The van der Waals surface area contributed by atoms with Crippen LogP contribution in [0.3, 0.4) is 0 Å². The van der Waals surface area contributed by atoms with E-state index in [0.717, 1.165) is 5.56 Å². The van der Waals surface area contributed by atoms with Crippen LogP contribution in [0.1, 0.15) is 19.8 Å². The summed E-state index contributed by atoms with van der Waals surface area (Å²) in [4.78, 5) is 23.2. The Morgan fingerprint density at radius 2 is 1.97 bits per heavy atom. The van der Waals surface area contributed by atoms with Crippen LogP contribution < -0.4 is 10.2 Å². The predicted molar refractivity (Wildman–Crippen MR) is 113 cm³/mol. The van der Waals surface area contributed by atoms with Gasteiger partial charge in [-0.3, -0.25) is 9.59 Å². The second-order valence-electron chi connectivity index (χ2n) is 7.50. The second-order valence-corrected chi connectivity index (χ2v) is 7.91. The number of hydrogen-bond donors (Lipinski definition) is 1. The normalized spacial score (nSPS) is 19.3. The number of carboxylic acids is 1. The molecule has 0 bridgehead atoms. The van der Waals surface area contributed by atoms with E-state index in [4.69, 9.17) is 30.6 Å². The third-order valence-corrected chi connectivity index (χ3v) is 5.50. The Morgan fingerprint density at radius 3 is 2.67 bits per heavy atom. The SMILES string of the molecule is CC(COc1ccc(-c2cc(=O)c3cccc(Cl)c3o2)cc1)OC1CC(C(=O)O)C1. The standard InChI is InChI=1S/C23H21ClO6/c1-13(29-17-9-15(10-17)23(26)27)12-28-16-7-5-14(6-8-16)21-11-20(25)18-3-2-4-19(24)22(18)30-21/h2-8,11,13,15,17H,9-10,12H2,1H3,(H,26,27). The Balaban J connectivity index is 1.38. The molecule has 1 saturated carbocycles. The van der Waals surface area contributed by atoms with E-state index in [1.807, 2.05) is 19.1 Å². The Labute approximate surface area is 178 Å². The maximum Gasteiger partial charge on any atom is 0.306 e. The Hall–Kier alpha value is -2.83. The molecule has 0 spiro atoms. The summed E-state index contributed by atoms with van der Waals surface area (Å²) >= 11 is 6.16. The molecule has 156 valence electrons. The number of hydrogen-bond acceptors (Lipinski definition) is 5. The minimum atomic E-state index is -0.761. The van der Waals surface area contributed by atoms with Gasteiger partial charge in [-0.05, 0) is 56.2 Å². The molecule has 1 aliphatic carbocycles. The van der Waals surface area contributed by atoms with Crippen LogP contribution in [0.15, 0.2) is 57.7 Å². The van der Waals surface area contributed by atoms with E-state index in [0.29, 0.717) is 47.0 Å². The number of benzene rings is 2. The summed E-state index contributed by atoms with van der Waals surface area (Å²) in [6.45, 7) is 2.25. The highest BCUT2D eigenvalue weighted by molar-refractivity contribution is 6.34. The molecule has 0 aliphatic heterocycles. The van der Waals surface area contributed by atoms with Gasteiger partial charge in [-0.2, -0.15) is 0 Å². The monoisotopic (exact) mass is 428 g/mol. The van der Waals surface area contributed by atoms with E-state index < -0.39 is 5.97 Å². The smallest absolute Gasteiger partial charge is 0.306 e. The van der Waals surface area contributed by atoms with Crippen LogP contribution in [0, 0.1) is 5.92 Å². The predicted octanol–water partition coefficient (Wildman–Crippen LogP) is 4.76. The zero-order valence-electron chi connectivity index (χ0n) is 16.3. The fourth-order valence-corrected chi connectivity index (χ4v) is 3.67. The third kappa shape index (κ3) is 4.35. The lowest BCUT2D eigenvalue weighted by Crippen LogP contribution is -2.39. The van der Waals surface area contributed by atoms with Gasteiger partial charge < -0.3 is 19.0 Å². The molecule has 1 fully saturated rings. The number of carbonyl (C=O) groups is 1. The number of carboxylic acid groups (broad SMARTS) is 1. The summed E-state index contributed by atoms with van der Waals surface area (Å²) < 4.78 is 17.4. The van der Waals surface area contributed by atoms with Crippen molar-refractivity contribution in [2.24, 2.45) is 5.92 Å². The van der Waals surface area contributed by atoms with Crippen molar-refractivity contribution in [1.82, 2.24) is 0 Å². The Bertz CT molecular complexity index is 1110. The van der Waals surface area contributed by atoms with Crippen molar-refractivity contribution in [2.75, 3.05) is 6.61 Å². The maximum atomic E-state index is 12.4. The second kappa shape index (κ2) is 8.50. The average Bonchev–Trinajstić information content (AvgIpc) is 2.69. The highest BCUT2D eigenvalue weighted by atomic mass is 35.5. The molecule has 1 aromatic heterocycles. The zero-order chi connectivity index (χ0) is 21.3. The van der Waals surface area contributed by atoms with Gasteiger partial charge in [-0.15, -0.1) is 0 Å². The van der Waals surface area contributed by atoms with Crippen molar-refractivity contribution < 1.29 is 23.8 Å². The number of aliphatic carboxylic acids is 1. The summed E-state index contributed by atoms with van der Waals surface area (Å²) in [6, 6.07) is 13.7. The van der Waals surface area contributed by atoms with Crippen molar-refractivity contribution in [3.05, 3.63) is 63.8 Å². The fourth-order valence-electron chi connectivity index (χ4n) is 3.46. The molecule has 1 atom stereocenters. The van der Waals surface area contributed by atoms with Crippen molar-refractivity contribution in [3.8, 4) is 17.1 Å². The first-order valence-corrected chi connectivity index (χ1v) is 10.1. The highest BCUT2D eigenvalue weighted by Crippen LogP contribution is 2.31. The van der Waals surface area contributed by atoms with E-state index in [1.54, 1.807) is 30.3 Å². The summed E-state index contributed by atoms with van der Waals surface area (Å²) in [7, 11) is 0. The number of rotatable bonds is 7. The first kappa shape index (κ1) is 20.4. The number of para-hydroxylation sites is 1. The van der Waals surface area contributed by atoms with Crippen LogP contribution in [0.4, 0.5) is 0 Å². The van der Waals surface area contributed by atoms with E-state index in [-0.39, 0.29) is 23.6 Å². The Morgan fingerprint density at radius 1 is 1.23 bits per heavy atom. The molecule has 1 heterocycles. The molecule has 0 amide bonds. The number of fused-ring (bicyclic) bond motifs is 1. The van der Waals surface area contributed by atoms with Crippen LogP contribution in [-0.4, -0.2) is 29.9 Å². The Kier molecular flexibility index (Phi) is 5.79.